The number of ether oxygens (including phenoxy) is 3. The summed E-state index contributed by atoms with van der Waals surface area (Å²) < 4.78 is 15.3. The van der Waals surface area contributed by atoms with E-state index in [1.54, 1.807) is 7.11 Å². The first-order valence-corrected chi connectivity index (χ1v) is 3.48. The van der Waals surface area contributed by atoms with Crippen LogP contribution in [0.4, 0.5) is 0 Å². The monoisotopic (exact) mass is 159 g/mol. The van der Waals surface area contributed by atoms with Gasteiger partial charge in [0.15, 0.2) is 5.76 Å². The van der Waals surface area contributed by atoms with Gasteiger partial charge >= 0.3 is 6.48 Å². The number of hydrogen-bond acceptors (Lipinski definition) is 4. The summed E-state index contributed by atoms with van der Waals surface area (Å²) in [6.07, 6.45) is 0. The molecular weight excluding hydrogens is 146 g/mol. The summed E-state index contributed by atoms with van der Waals surface area (Å²) in [4.78, 5) is 0. The Bertz CT molecular complexity index is 167. The molecule has 1 heterocycles. The van der Waals surface area contributed by atoms with Crippen molar-refractivity contribution in [3.63, 3.8) is 0 Å². The minimum absolute atomic E-state index is 0.557. The second-order valence-corrected chi connectivity index (χ2v) is 2.27. The molecule has 0 aromatic rings. The molecule has 0 saturated heterocycles. The average Bonchev–Trinajstić information content (AvgIpc) is 2.33. The van der Waals surface area contributed by atoms with Crippen molar-refractivity contribution in [1.82, 2.24) is 5.32 Å². The summed E-state index contributed by atoms with van der Waals surface area (Å²) >= 11 is 0. The highest BCUT2D eigenvalue weighted by atomic mass is 16.9. The van der Waals surface area contributed by atoms with Gasteiger partial charge in [-0.1, -0.05) is 0 Å². The maximum Gasteiger partial charge on any atom is 0.360 e. The Morgan fingerprint density at radius 3 is 2.73 bits per heavy atom. The van der Waals surface area contributed by atoms with Crippen LogP contribution in [0.3, 0.4) is 0 Å². The Balaban J connectivity index is 2.45. The van der Waals surface area contributed by atoms with Gasteiger partial charge in [0, 0.05) is 7.11 Å². The van der Waals surface area contributed by atoms with Crippen LogP contribution in [0, 0.1) is 0 Å². The van der Waals surface area contributed by atoms with Gasteiger partial charge in [0.05, 0.1) is 6.54 Å². The fraction of sp³-hybridized carbons (Fsp3) is 0.714. The van der Waals surface area contributed by atoms with Gasteiger partial charge in [-0.2, -0.15) is 0 Å². The minimum atomic E-state index is -0.557. The van der Waals surface area contributed by atoms with Crippen LogP contribution in [-0.4, -0.2) is 27.2 Å². The number of rotatable bonds is 3. The average molecular weight is 159 g/mol. The van der Waals surface area contributed by atoms with Gasteiger partial charge in [-0.05, 0) is 14.0 Å². The first-order valence-electron chi connectivity index (χ1n) is 3.48. The number of allylic oxidation sites excluding steroid dienone is 1. The number of nitrogens with one attached hydrogen (secondary N) is 1. The molecule has 0 amide bonds. The predicted octanol–water partition coefficient (Wildman–Crippen LogP) is 0.414. The highest BCUT2D eigenvalue weighted by Crippen LogP contribution is 2.20. The summed E-state index contributed by atoms with van der Waals surface area (Å²) in [5.74, 6) is 1.59. The van der Waals surface area contributed by atoms with Gasteiger partial charge in [0.25, 0.3) is 0 Å². The lowest BCUT2D eigenvalue weighted by Crippen LogP contribution is -2.15. The Morgan fingerprint density at radius 1 is 1.55 bits per heavy atom. The molecule has 1 rings (SSSR count). The van der Waals surface area contributed by atoms with Crippen LogP contribution in [0.25, 0.3) is 0 Å². The molecule has 4 nitrogen and oxygen atoms in total. The normalized spacial score (nSPS) is 23.4. The van der Waals surface area contributed by atoms with Crippen molar-refractivity contribution in [3.05, 3.63) is 11.5 Å². The number of methoxy groups -OCH3 is 1. The van der Waals surface area contributed by atoms with E-state index < -0.39 is 6.48 Å². The fourth-order valence-electron chi connectivity index (χ4n) is 0.856. The Labute approximate surface area is 66.1 Å². The van der Waals surface area contributed by atoms with E-state index in [1.807, 2.05) is 14.0 Å². The van der Waals surface area contributed by atoms with E-state index in [0.29, 0.717) is 6.54 Å². The molecule has 1 aliphatic heterocycles. The lowest BCUT2D eigenvalue weighted by Gasteiger charge is -2.08. The predicted molar refractivity (Wildman–Crippen MR) is 39.6 cm³/mol. The van der Waals surface area contributed by atoms with Crippen molar-refractivity contribution < 1.29 is 14.2 Å². The van der Waals surface area contributed by atoms with E-state index in [4.69, 9.17) is 14.2 Å². The van der Waals surface area contributed by atoms with E-state index in [-0.39, 0.29) is 0 Å². The molecule has 11 heavy (non-hydrogen) atoms. The van der Waals surface area contributed by atoms with Crippen LogP contribution >= 0.6 is 0 Å². The maximum absolute atomic E-state index is 5.24. The van der Waals surface area contributed by atoms with Gasteiger partial charge in [0.1, 0.15) is 5.76 Å². The zero-order chi connectivity index (χ0) is 8.27. The van der Waals surface area contributed by atoms with Gasteiger partial charge in [-0.25, -0.2) is 0 Å². The van der Waals surface area contributed by atoms with E-state index in [9.17, 15) is 0 Å². The van der Waals surface area contributed by atoms with E-state index in [1.165, 1.54) is 0 Å². The molecule has 1 aliphatic rings. The highest BCUT2D eigenvalue weighted by molar-refractivity contribution is 5.03. The summed E-state index contributed by atoms with van der Waals surface area (Å²) in [5, 5.41) is 2.97. The molecule has 0 radical (unpaired) electrons. The van der Waals surface area contributed by atoms with Gasteiger partial charge in [-0.15, -0.1) is 0 Å². The largest absolute Gasteiger partial charge is 0.433 e. The molecule has 0 bridgehead atoms. The molecule has 0 aromatic heterocycles. The topological polar surface area (TPSA) is 39.7 Å². The fourth-order valence-corrected chi connectivity index (χ4v) is 0.856. The van der Waals surface area contributed by atoms with Gasteiger partial charge < -0.3 is 19.5 Å². The molecule has 64 valence electrons. The molecule has 0 aliphatic carbocycles. The third kappa shape index (κ3) is 1.85. The number of likely N-dealkylation sites (N-methyl/N-ethyl adjacent to an activating group) is 1. The highest BCUT2D eigenvalue weighted by Gasteiger charge is 2.22. The minimum Gasteiger partial charge on any atom is -0.433 e. The van der Waals surface area contributed by atoms with Crippen LogP contribution in [0.15, 0.2) is 11.5 Å². The molecule has 0 spiro atoms. The van der Waals surface area contributed by atoms with Crippen molar-refractivity contribution in [1.29, 1.82) is 0 Å². The summed E-state index contributed by atoms with van der Waals surface area (Å²) in [6.45, 7) is 1.97. The summed E-state index contributed by atoms with van der Waals surface area (Å²) in [6, 6.07) is 0. The number of hydrogen-bond donors (Lipinski definition) is 1. The third-order valence-corrected chi connectivity index (χ3v) is 1.43. The zero-order valence-corrected chi connectivity index (χ0v) is 7.01. The molecule has 0 fully saturated rings. The van der Waals surface area contributed by atoms with Gasteiger partial charge in [0.2, 0.25) is 0 Å². The van der Waals surface area contributed by atoms with Crippen LogP contribution in [-0.2, 0) is 14.2 Å². The van der Waals surface area contributed by atoms with E-state index in [2.05, 4.69) is 5.32 Å². The standard InChI is InChI=1S/C7H13NO3/c1-5-6(4-8-2)11-7(9-3)10-5/h7-8H,4H2,1-3H3. The zero-order valence-electron chi connectivity index (χ0n) is 7.01. The first-order chi connectivity index (χ1) is 5.27. The van der Waals surface area contributed by atoms with E-state index >= 15 is 0 Å². The second kappa shape index (κ2) is 3.59. The molecule has 1 unspecified atom stereocenters. The van der Waals surface area contributed by atoms with Crippen LogP contribution < -0.4 is 5.32 Å². The van der Waals surface area contributed by atoms with Crippen molar-refractivity contribution >= 4 is 0 Å². The summed E-state index contributed by atoms with van der Waals surface area (Å²) in [7, 11) is 3.39. The van der Waals surface area contributed by atoms with Gasteiger partial charge in [-0.3, -0.25) is 0 Å². The smallest absolute Gasteiger partial charge is 0.360 e. The lowest BCUT2D eigenvalue weighted by atomic mass is 10.4. The Morgan fingerprint density at radius 2 is 2.27 bits per heavy atom. The van der Waals surface area contributed by atoms with Crippen molar-refractivity contribution in [2.45, 2.75) is 13.4 Å². The molecule has 1 N–H and O–H groups in total. The lowest BCUT2D eigenvalue weighted by molar-refractivity contribution is -0.212. The maximum atomic E-state index is 5.24. The molecule has 0 aromatic carbocycles. The van der Waals surface area contributed by atoms with E-state index in [0.717, 1.165) is 11.5 Å². The summed E-state index contributed by atoms with van der Waals surface area (Å²) in [5.41, 5.74) is 0. The molecule has 4 heteroatoms. The van der Waals surface area contributed by atoms with Crippen LogP contribution in [0.1, 0.15) is 6.92 Å². The SMILES string of the molecule is CNCC1=C(C)OC(OC)O1. The quantitative estimate of drug-likeness (QED) is 0.647. The van der Waals surface area contributed by atoms with Crippen LogP contribution in [0.5, 0.6) is 0 Å². The molecule has 1 atom stereocenters. The van der Waals surface area contributed by atoms with Crippen LogP contribution in [0.2, 0.25) is 0 Å². The van der Waals surface area contributed by atoms with Crippen molar-refractivity contribution in [3.8, 4) is 0 Å². The Kier molecular flexibility index (Phi) is 2.73. The van der Waals surface area contributed by atoms with Crippen molar-refractivity contribution in [2.75, 3.05) is 20.7 Å². The first kappa shape index (κ1) is 8.36. The Hall–Kier alpha value is -0.740. The second-order valence-electron chi connectivity index (χ2n) is 2.27. The molecular formula is C7H13NO3. The third-order valence-electron chi connectivity index (χ3n) is 1.43. The molecule has 0 saturated carbocycles. The van der Waals surface area contributed by atoms with Crippen molar-refractivity contribution in [2.24, 2.45) is 0 Å².